The molecule has 0 saturated heterocycles. The van der Waals surface area contributed by atoms with Crippen LogP contribution < -0.4 is 4.74 Å². The number of para-hydroxylation sites is 1. The number of hydrogen-bond acceptors (Lipinski definition) is 2. The number of hydrogen-bond donors (Lipinski definition) is 0. The number of ketones is 1. The Kier molecular flexibility index (Phi) is 3.09. The minimum Gasteiger partial charge on any atom is -0.492 e. The summed E-state index contributed by atoms with van der Waals surface area (Å²) in [5.41, 5.74) is 5.25. The van der Waals surface area contributed by atoms with Gasteiger partial charge in [0.25, 0.3) is 0 Å². The Morgan fingerprint density at radius 1 is 1.05 bits per heavy atom. The van der Waals surface area contributed by atoms with Crippen LogP contribution >= 0.6 is 0 Å². The molecule has 20 heavy (non-hydrogen) atoms. The number of carbonyl (C=O) groups excluding carboxylic acids is 1. The van der Waals surface area contributed by atoms with E-state index in [4.69, 9.17) is 4.74 Å². The standard InChI is InChI=1S/C18H18O2/c1-11-8-13(3)15(9-12(11)2)18(19)16-10-20-17-7-5-4-6-14(16)17/h4-9,16H,10H2,1-3H3. The molecule has 2 nitrogen and oxygen atoms in total. The van der Waals surface area contributed by atoms with Gasteiger partial charge in [-0.2, -0.15) is 0 Å². The molecule has 2 heteroatoms. The van der Waals surface area contributed by atoms with Crippen molar-refractivity contribution in [3.05, 3.63) is 64.2 Å². The molecule has 1 unspecified atom stereocenters. The van der Waals surface area contributed by atoms with Crippen LogP contribution in [0.4, 0.5) is 0 Å². The van der Waals surface area contributed by atoms with E-state index in [0.717, 1.165) is 28.0 Å². The largest absolute Gasteiger partial charge is 0.492 e. The first kappa shape index (κ1) is 12.9. The molecule has 1 aliphatic heterocycles. The Balaban J connectivity index is 2.01. The molecule has 102 valence electrons. The minimum absolute atomic E-state index is 0.163. The van der Waals surface area contributed by atoms with Crippen molar-refractivity contribution in [1.29, 1.82) is 0 Å². The van der Waals surface area contributed by atoms with Gasteiger partial charge in [-0.15, -0.1) is 0 Å². The molecule has 0 fully saturated rings. The molecule has 1 heterocycles. The molecule has 0 spiro atoms. The Hall–Kier alpha value is -2.09. The van der Waals surface area contributed by atoms with Crippen LogP contribution in [0.1, 0.15) is 38.5 Å². The lowest BCUT2D eigenvalue weighted by atomic mass is 9.88. The number of rotatable bonds is 2. The fraction of sp³-hybridized carbons (Fsp3) is 0.278. The lowest BCUT2D eigenvalue weighted by Crippen LogP contribution is -2.16. The number of benzene rings is 2. The summed E-state index contributed by atoms with van der Waals surface area (Å²) < 4.78 is 5.63. The Bertz CT molecular complexity index is 686. The first-order chi connectivity index (χ1) is 9.58. The average molecular weight is 266 g/mol. The number of carbonyl (C=O) groups is 1. The Morgan fingerprint density at radius 3 is 2.55 bits per heavy atom. The van der Waals surface area contributed by atoms with Crippen molar-refractivity contribution in [1.82, 2.24) is 0 Å². The number of ether oxygens (including phenoxy) is 1. The SMILES string of the molecule is Cc1cc(C)c(C(=O)C2COc3ccccc32)cc1C. The summed E-state index contributed by atoms with van der Waals surface area (Å²) >= 11 is 0. The maximum atomic E-state index is 12.8. The second-order valence-corrected chi connectivity index (χ2v) is 5.52. The smallest absolute Gasteiger partial charge is 0.174 e. The van der Waals surface area contributed by atoms with Crippen molar-refractivity contribution >= 4 is 5.78 Å². The van der Waals surface area contributed by atoms with Crippen LogP contribution in [-0.4, -0.2) is 12.4 Å². The summed E-state index contributed by atoms with van der Waals surface area (Å²) in [6.45, 7) is 6.57. The summed E-state index contributed by atoms with van der Waals surface area (Å²) in [4.78, 5) is 12.8. The van der Waals surface area contributed by atoms with Crippen molar-refractivity contribution in [2.75, 3.05) is 6.61 Å². The van der Waals surface area contributed by atoms with Crippen LogP contribution in [0.15, 0.2) is 36.4 Å². The lowest BCUT2D eigenvalue weighted by Gasteiger charge is -2.12. The van der Waals surface area contributed by atoms with Gasteiger partial charge in [0.05, 0.1) is 5.92 Å². The summed E-state index contributed by atoms with van der Waals surface area (Å²) in [5.74, 6) is 0.829. The van der Waals surface area contributed by atoms with Crippen molar-refractivity contribution in [2.45, 2.75) is 26.7 Å². The second kappa shape index (κ2) is 4.78. The van der Waals surface area contributed by atoms with Crippen molar-refractivity contribution in [2.24, 2.45) is 0 Å². The molecule has 2 aromatic rings. The molecule has 0 N–H and O–H groups in total. The van der Waals surface area contributed by atoms with Crippen LogP contribution in [0.5, 0.6) is 5.75 Å². The minimum atomic E-state index is -0.174. The third kappa shape index (κ3) is 2.01. The molecule has 0 amide bonds. The van der Waals surface area contributed by atoms with Crippen LogP contribution in [-0.2, 0) is 0 Å². The first-order valence-electron chi connectivity index (χ1n) is 6.91. The molecule has 1 aliphatic rings. The molecule has 0 radical (unpaired) electrons. The highest BCUT2D eigenvalue weighted by molar-refractivity contribution is 6.03. The summed E-state index contributed by atoms with van der Waals surface area (Å²) in [6.07, 6.45) is 0. The molecular formula is C18H18O2. The van der Waals surface area contributed by atoms with Gasteiger partial charge in [-0.3, -0.25) is 4.79 Å². The number of aryl methyl sites for hydroxylation is 3. The lowest BCUT2D eigenvalue weighted by molar-refractivity contribution is 0.0947. The zero-order chi connectivity index (χ0) is 14.3. The molecule has 0 saturated carbocycles. The molecule has 0 aromatic heterocycles. The number of Topliss-reactive ketones (excluding diaryl/α,β-unsaturated/α-hetero) is 1. The van der Waals surface area contributed by atoms with E-state index in [1.54, 1.807) is 0 Å². The molecule has 3 rings (SSSR count). The van der Waals surface area contributed by atoms with E-state index in [1.165, 1.54) is 5.56 Å². The highest BCUT2D eigenvalue weighted by Gasteiger charge is 2.31. The van der Waals surface area contributed by atoms with Gasteiger partial charge < -0.3 is 4.74 Å². The summed E-state index contributed by atoms with van der Waals surface area (Å²) in [5, 5.41) is 0. The van der Waals surface area contributed by atoms with Gasteiger partial charge >= 0.3 is 0 Å². The summed E-state index contributed by atoms with van der Waals surface area (Å²) in [6, 6.07) is 11.9. The predicted octanol–water partition coefficient (Wildman–Crippen LogP) is 3.97. The average Bonchev–Trinajstić information content (AvgIpc) is 2.86. The van der Waals surface area contributed by atoms with Gasteiger partial charge in [-0.1, -0.05) is 24.3 Å². The van der Waals surface area contributed by atoms with E-state index in [1.807, 2.05) is 44.2 Å². The Morgan fingerprint density at radius 2 is 1.75 bits per heavy atom. The molecular weight excluding hydrogens is 248 g/mol. The molecule has 0 aliphatic carbocycles. The van der Waals surface area contributed by atoms with Crippen LogP contribution in [0, 0.1) is 20.8 Å². The van der Waals surface area contributed by atoms with Crippen LogP contribution in [0.2, 0.25) is 0 Å². The van der Waals surface area contributed by atoms with Gasteiger partial charge in [0.15, 0.2) is 5.78 Å². The molecule has 0 bridgehead atoms. The second-order valence-electron chi connectivity index (χ2n) is 5.52. The Labute approximate surface area is 119 Å². The van der Waals surface area contributed by atoms with E-state index < -0.39 is 0 Å². The zero-order valence-electron chi connectivity index (χ0n) is 12.1. The fourth-order valence-corrected chi connectivity index (χ4v) is 2.79. The third-order valence-corrected chi connectivity index (χ3v) is 4.12. The van der Waals surface area contributed by atoms with E-state index >= 15 is 0 Å². The van der Waals surface area contributed by atoms with E-state index in [0.29, 0.717) is 6.61 Å². The quantitative estimate of drug-likeness (QED) is 0.769. The normalized spacial score (nSPS) is 16.6. The predicted molar refractivity (Wildman–Crippen MR) is 79.7 cm³/mol. The van der Waals surface area contributed by atoms with Gasteiger partial charge in [-0.25, -0.2) is 0 Å². The van der Waals surface area contributed by atoms with Gasteiger partial charge in [0, 0.05) is 11.1 Å². The molecule has 2 aromatic carbocycles. The van der Waals surface area contributed by atoms with Crippen LogP contribution in [0.25, 0.3) is 0 Å². The van der Waals surface area contributed by atoms with E-state index in [-0.39, 0.29) is 11.7 Å². The van der Waals surface area contributed by atoms with Crippen molar-refractivity contribution in [3.8, 4) is 5.75 Å². The topological polar surface area (TPSA) is 26.3 Å². The van der Waals surface area contributed by atoms with Gasteiger partial charge in [0.1, 0.15) is 12.4 Å². The van der Waals surface area contributed by atoms with Gasteiger partial charge in [0.2, 0.25) is 0 Å². The number of fused-ring (bicyclic) bond motifs is 1. The van der Waals surface area contributed by atoms with Gasteiger partial charge in [-0.05, 0) is 49.6 Å². The highest BCUT2D eigenvalue weighted by atomic mass is 16.5. The maximum Gasteiger partial charge on any atom is 0.174 e. The zero-order valence-corrected chi connectivity index (χ0v) is 12.1. The third-order valence-electron chi connectivity index (χ3n) is 4.12. The first-order valence-corrected chi connectivity index (χ1v) is 6.91. The van der Waals surface area contributed by atoms with E-state index in [2.05, 4.69) is 13.0 Å². The van der Waals surface area contributed by atoms with Crippen molar-refractivity contribution in [3.63, 3.8) is 0 Å². The van der Waals surface area contributed by atoms with E-state index in [9.17, 15) is 4.79 Å². The van der Waals surface area contributed by atoms with Crippen LogP contribution in [0.3, 0.4) is 0 Å². The molecule has 1 atom stereocenters. The monoisotopic (exact) mass is 266 g/mol. The fourth-order valence-electron chi connectivity index (χ4n) is 2.79. The highest BCUT2D eigenvalue weighted by Crippen LogP contribution is 2.36. The van der Waals surface area contributed by atoms with Crippen molar-refractivity contribution < 1.29 is 9.53 Å². The maximum absolute atomic E-state index is 12.8. The summed E-state index contributed by atoms with van der Waals surface area (Å²) in [7, 11) is 0.